The van der Waals surface area contributed by atoms with Crippen LogP contribution in [-0.2, 0) is 4.79 Å². The third-order valence-corrected chi connectivity index (χ3v) is 3.08. The molecule has 0 aliphatic rings. The summed E-state index contributed by atoms with van der Waals surface area (Å²) in [6.07, 6.45) is 0. The molecule has 6 nitrogen and oxygen atoms in total. The summed E-state index contributed by atoms with van der Waals surface area (Å²) in [5, 5.41) is 8.39. The van der Waals surface area contributed by atoms with E-state index in [0.717, 1.165) is 5.56 Å². The lowest BCUT2D eigenvalue weighted by atomic mass is 10.1. The number of amides is 3. The minimum absolute atomic E-state index is 0.0228. The van der Waals surface area contributed by atoms with Gasteiger partial charge >= 0.3 is 6.03 Å². The van der Waals surface area contributed by atoms with Gasteiger partial charge in [-0.1, -0.05) is 12.1 Å². The van der Waals surface area contributed by atoms with Gasteiger partial charge in [0.1, 0.15) is 6.54 Å². The summed E-state index contributed by atoms with van der Waals surface area (Å²) in [4.78, 5) is 24.5. The van der Waals surface area contributed by atoms with Gasteiger partial charge in [0.15, 0.2) is 0 Å². The average molecular weight is 278 g/mol. The Morgan fingerprint density at radius 1 is 1.30 bits per heavy atom. The molecule has 20 heavy (non-hydrogen) atoms. The number of carbonyl (C=O) groups excluding carboxylic acids is 2. The number of benzene rings is 1. The minimum atomic E-state index is -0.317. The van der Waals surface area contributed by atoms with Crippen molar-refractivity contribution < 1.29 is 9.59 Å². The molecule has 1 unspecified atom stereocenters. The molecule has 1 aromatic rings. The molecule has 110 valence electrons. The Morgan fingerprint density at radius 2 is 2.00 bits per heavy atom. The van der Waals surface area contributed by atoms with Crippen molar-refractivity contribution >= 4 is 17.6 Å². The predicted octanol–water partition coefficient (Wildman–Crippen LogP) is 1.18. The predicted molar refractivity (Wildman–Crippen MR) is 79.6 cm³/mol. The van der Waals surface area contributed by atoms with Gasteiger partial charge in [-0.2, -0.15) is 0 Å². The van der Waals surface area contributed by atoms with Gasteiger partial charge in [-0.3, -0.25) is 4.79 Å². The second-order valence-electron chi connectivity index (χ2n) is 4.60. The van der Waals surface area contributed by atoms with Gasteiger partial charge in [0.25, 0.3) is 0 Å². The Labute approximate surface area is 119 Å². The van der Waals surface area contributed by atoms with Crippen molar-refractivity contribution in [2.75, 3.05) is 33.0 Å². The molecule has 0 radical (unpaired) electrons. The molecular formula is C14H22N4O2. The number of anilines is 1. The molecule has 6 heteroatoms. The van der Waals surface area contributed by atoms with Crippen LogP contribution in [0.4, 0.5) is 10.5 Å². The molecule has 0 bridgehead atoms. The van der Waals surface area contributed by atoms with E-state index in [1.807, 2.05) is 38.2 Å². The molecule has 1 atom stereocenters. The Hall–Kier alpha value is -2.08. The smallest absolute Gasteiger partial charge is 0.322 e. The lowest BCUT2D eigenvalue weighted by Gasteiger charge is -2.18. The topological polar surface area (TPSA) is 73.5 Å². The monoisotopic (exact) mass is 278 g/mol. The number of likely N-dealkylation sites (N-methyl/N-ethyl adjacent to an activating group) is 2. The molecule has 0 aliphatic carbocycles. The Morgan fingerprint density at radius 3 is 2.60 bits per heavy atom. The molecule has 0 spiro atoms. The standard InChI is InChI=1S/C14H22N4O2/c1-10(15-2)11-6-5-7-12(8-11)17-14(20)18(4)9-13(19)16-3/h5-8,10,15H,9H2,1-4H3,(H,16,19)(H,17,20). The fourth-order valence-electron chi connectivity index (χ4n) is 1.64. The van der Waals surface area contributed by atoms with Crippen molar-refractivity contribution in [3.63, 3.8) is 0 Å². The third-order valence-electron chi connectivity index (χ3n) is 3.08. The molecule has 0 aliphatic heterocycles. The summed E-state index contributed by atoms with van der Waals surface area (Å²) in [5.74, 6) is -0.208. The van der Waals surface area contributed by atoms with Crippen molar-refractivity contribution in [1.82, 2.24) is 15.5 Å². The lowest BCUT2D eigenvalue weighted by Crippen LogP contribution is -2.39. The first-order chi connectivity index (χ1) is 9.47. The third kappa shape index (κ3) is 4.55. The zero-order valence-corrected chi connectivity index (χ0v) is 12.4. The summed E-state index contributed by atoms with van der Waals surface area (Å²) in [5.41, 5.74) is 1.79. The van der Waals surface area contributed by atoms with Crippen molar-refractivity contribution in [1.29, 1.82) is 0 Å². The van der Waals surface area contributed by atoms with Crippen LogP contribution in [0.3, 0.4) is 0 Å². The molecular weight excluding hydrogens is 256 g/mol. The highest BCUT2D eigenvalue weighted by Gasteiger charge is 2.12. The molecule has 3 amide bonds. The van der Waals surface area contributed by atoms with E-state index in [2.05, 4.69) is 16.0 Å². The fourth-order valence-corrected chi connectivity index (χ4v) is 1.64. The number of nitrogens with zero attached hydrogens (tertiary/aromatic N) is 1. The molecule has 0 saturated carbocycles. The van der Waals surface area contributed by atoms with Gasteiger partial charge in [-0.15, -0.1) is 0 Å². The van der Waals surface area contributed by atoms with E-state index >= 15 is 0 Å². The Balaban J connectivity index is 2.68. The molecule has 0 heterocycles. The van der Waals surface area contributed by atoms with E-state index in [1.165, 1.54) is 11.9 Å². The maximum atomic E-state index is 11.9. The van der Waals surface area contributed by atoms with Crippen molar-refractivity contribution in [2.24, 2.45) is 0 Å². The van der Waals surface area contributed by atoms with Gasteiger partial charge in [0, 0.05) is 25.8 Å². The number of hydrogen-bond acceptors (Lipinski definition) is 3. The van der Waals surface area contributed by atoms with E-state index < -0.39 is 0 Å². The average Bonchev–Trinajstić information content (AvgIpc) is 2.46. The van der Waals surface area contributed by atoms with Crippen molar-refractivity contribution in [3.05, 3.63) is 29.8 Å². The highest BCUT2D eigenvalue weighted by atomic mass is 16.2. The summed E-state index contributed by atoms with van der Waals surface area (Å²) in [6.45, 7) is 2.06. The van der Waals surface area contributed by atoms with E-state index in [0.29, 0.717) is 5.69 Å². The van der Waals surface area contributed by atoms with E-state index in [1.54, 1.807) is 7.05 Å². The van der Waals surface area contributed by atoms with Crippen LogP contribution >= 0.6 is 0 Å². The quantitative estimate of drug-likeness (QED) is 0.757. The van der Waals surface area contributed by atoms with E-state index in [9.17, 15) is 9.59 Å². The molecule has 1 rings (SSSR count). The number of nitrogens with one attached hydrogen (secondary N) is 3. The van der Waals surface area contributed by atoms with Crippen LogP contribution in [0.5, 0.6) is 0 Å². The second-order valence-corrected chi connectivity index (χ2v) is 4.60. The fraction of sp³-hybridized carbons (Fsp3) is 0.429. The van der Waals surface area contributed by atoms with E-state index in [4.69, 9.17) is 0 Å². The number of urea groups is 1. The lowest BCUT2D eigenvalue weighted by molar-refractivity contribution is -0.120. The van der Waals surface area contributed by atoms with Crippen LogP contribution in [0, 0.1) is 0 Å². The molecule has 0 saturated heterocycles. The summed E-state index contributed by atoms with van der Waals surface area (Å²) >= 11 is 0. The van der Waals surface area contributed by atoms with Crippen LogP contribution in [-0.4, -0.2) is 44.5 Å². The maximum absolute atomic E-state index is 11.9. The largest absolute Gasteiger partial charge is 0.358 e. The van der Waals surface area contributed by atoms with Gasteiger partial charge in [0.2, 0.25) is 5.91 Å². The summed E-state index contributed by atoms with van der Waals surface area (Å²) in [7, 11) is 4.99. The van der Waals surface area contributed by atoms with Crippen molar-refractivity contribution in [2.45, 2.75) is 13.0 Å². The molecule has 0 aromatic heterocycles. The van der Waals surface area contributed by atoms with Crippen LogP contribution < -0.4 is 16.0 Å². The highest BCUT2D eigenvalue weighted by molar-refractivity contribution is 5.92. The first kappa shape index (κ1) is 16.0. The highest BCUT2D eigenvalue weighted by Crippen LogP contribution is 2.17. The minimum Gasteiger partial charge on any atom is -0.358 e. The van der Waals surface area contributed by atoms with Gasteiger partial charge < -0.3 is 20.9 Å². The number of hydrogen-bond donors (Lipinski definition) is 3. The van der Waals surface area contributed by atoms with Crippen LogP contribution in [0.1, 0.15) is 18.5 Å². The normalized spacial score (nSPS) is 11.6. The van der Waals surface area contributed by atoms with Crippen LogP contribution in [0.2, 0.25) is 0 Å². The Kier molecular flexibility index (Phi) is 5.99. The van der Waals surface area contributed by atoms with E-state index in [-0.39, 0.29) is 24.5 Å². The van der Waals surface area contributed by atoms with Gasteiger partial charge in [0.05, 0.1) is 0 Å². The summed E-state index contributed by atoms with van der Waals surface area (Å²) in [6, 6.07) is 7.49. The van der Waals surface area contributed by atoms with Crippen molar-refractivity contribution in [3.8, 4) is 0 Å². The molecule has 1 aromatic carbocycles. The zero-order valence-electron chi connectivity index (χ0n) is 12.4. The van der Waals surface area contributed by atoms with Gasteiger partial charge in [-0.05, 0) is 31.7 Å². The molecule has 3 N–H and O–H groups in total. The first-order valence-electron chi connectivity index (χ1n) is 6.47. The van der Waals surface area contributed by atoms with Crippen LogP contribution in [0.15, 0.2) is 24.3 Å². The zero-order chi connectivity index (χ0) is 15.1. The van der Waals surface area contributed by atoms with Gasteiger partial charge in [-0.25, -0.2) is 4.79 Å². The number of carbonyl (C=O) groups is 2. The van der Waals surface area contributed by atoms with Crippen LogP contribution in [0.25, 0.3) is 0 Å². The molecule has 0 fully saturated rings. The SMILES string of the molecule is CNC(=O)CN(C)C(=O)Nc1cccc(C(C)NC)c1. The first-order valence-corrected chi connectivity index (χ1v) is 6.47. The Bertz CT molecular complexity index is 476. The number of rotatable bonds is 5. The maximum Gasteiger partial charge on any atom is 0.322 e. The second kappa shape index (κ2) is 7.49. The summed E-state index contributed by atoms with van der Waals surface area (Å²) < 4.78 is 0.